The molecule has 0 spiro atoms. The average Bonchev–Trinajstić information content (AvgIpc) is 2.60. The van der Waals surface area contributed by atoms with Gasteiger partial charge < -0.3 is 14.8 Å². The molecule has 1 aromatic rings. The standard InChI is InChI=1S/C10H18BrN3O2/c1-12-9(7-16-5-4-15-3)10-8(11)6-13-14(10)2/h6,9,12H,4-5,7H2,1-3H3. The molecule has 0 aromatic carbocycles. The summed E-state index contributed by atoms with van der Waals surface area (Å²) in [6, 6.07) is 0.124. The number of ether oxygens (including phenoxy) is 2. The molecule has 0 fully saturated rings. The molecule has 16 heavy (non-hydrogen) atoms. The molecule has 0 amide bonds. The van der Waals surface area contributed by atoms with Crippen LogP contribution in [0, 0.1) is 0 Å². The molecule has 5 nitrogen and oxygen atoms in total. The molecule has 1 rings (SSSR count). The quantitative estimate of drug-likeness (QED) is 0.765. The van der Waals surface area contributed by atoms with Crippen molar-refractivity contribution in [3.63, 3.8) is 0 Å². The molecule has 1 atom stereocenters. The van der Waals surface area contributed by atoms with Crippen LogP contribution in [0.2, 0.25) is 0 Å². The smallest absolute Gasteiger partial charge is 0.0738 e. The van der Waals surface area contributed by atoms with Crippen molar-refractivity contribution < 1.29 is 9.47 Å². The van der Waals surface area contributed by atoms with Crippen LogP contribution < -0.4 is 5.32 Å². The highest BCUT2D eigenvalue weighted by Gasteiger charge is 2.17. The maximum absolute atomic E-state index is 5.51. The third-order valence-electron chi connectivity index (χ3n) is 2.33. The summed E-state index contributed by atoms with van der Waals surface area (Å²) in [6.45, 7) is 1.81. The van der Waals surface area contributed by atoms with Gasteiger partial charge in [0.15, 0.2) is 0 Å². The normalized spacial score (nSPS) is 13.0. The van der Waals surface area contributed by atoms with Crippen molar-refractivity contribution in [1.82, 2.24) is 15.1 Å². The Labute approximate surface area is 104 Å². The molecule has 0 bridgehead atoms. The first-order valence-electron chi connectivity index (χ1n) is 5.12. The lowest BCUT2D eigenvalue weighted by Gasteiger charge is -2.17. The number of hydrogen-bond donors (Lipinski definition) is 1. The highest BCUT2D eigenvalue weighted by atomic mass is 79.9. The van der Waals surface area contributed by atoms with Gasteiger partial charge in [0.05, 0.1) is 42.2 Å². The van der Waals surface area contributed by atoms with Gasteiger partial charge in [-0.3, -0.25) is 4.68 Å². The molecule has 1 aromatic heterocycles. The van der Waals surface area contributed by atoms with Gasteiger partial charge in [-0.2, -0.15) is 5.10 Å². The van der Waals surface area contributed by atoms with Crippen LogP contribution in [-0.4, -0.2) is 43.8 Å². The molecule has 0 saturated heterocycles. The summed E-state index contributed by atoms with van der Waals surface area (Å²) in [5.41, 5.74) is 1.08. The maximum atomic E-state index is 5.51. The van der Waals surface area contributed by atoms with E-state index in [1.165, 1.54) is 0 Å². The van der Waals surface area contributed by atoms with Gasteiger partial charge in [0.1, 0.15) is 0 Å². The number of aryl methyl sites for hydroxylation is 1. The zero-order chi connectivity index (χ0) is 12.0. The Kier molecular flexibility index (Phi) is 5.97. The number of methoxy groups -OCH3 is 1. The first kappa shape index (κ1) is 13.6. The van der Waals surface area contributed by atoms with E-state index in [-0.39, 0.29) is 6.04 Å². The molecule has 0 aliphatic heterocycles. The molecule has 6 heteroatoms. The number of hydrogen-bond acceptors (Lipinski definition) is 4. The van der Waals surface area contributed by atoms with Gasteiger partial charge in [0.25, 0.3) is 0 Å². The fourth-order valence-corrected chi connectivity index (χ4v) is 2.08. The summed E-state index contributed by atoms with van der Waals surface area (Å²) >= 11 is 3.48. The van der Waals surface area contributed by atoms with Crippen LogP contribution in [-0.2, 0) is 16.5 Å². The summed E-state index contributed by atoms with van der Waals surface area (Å²) in [6.07, 6.45) is 1.79. The van der Waals surface area contributed by atoms with Gasteiger partial charge in [-0.1, -0.05) is 0 Å². The lowest BCUT2D eigenvalue weighted by Crippen LogP contribution is -2.25. The number of nitrogens with one attached hydrogen (secondary N) is 1. The van der Waals surface area contributed by atoms with Gasteiger partial charge in [0.2, 0.25) is 0 Å². The number of nitrogens with zero attached hydrogens (tertiary/aromatic N) is 2. The van der Waals surface area contributed by atoms with Crippen molar-refractivity contribution in [2.75, 3.05) is 34.0 Å². The summed E-state index contributed by atoms with van der Waals surface area (Å²) in [7, 11) is 5.49. The first-order valence-corrected chi connectivity index (χ1v) is 5.91. The zero-order valence-electron chi connectivity index (χ0n) is 9.86. The second kappa shape index (κ2) is 7.01. The highest BCUT2D eigenvalue weighted by molar-refractivity contribution is 9.10. The van der Waals surface area contributed by atoms with Crippen LogP contribution in [0.5, 0.6) is 0 Å². The van der Waals surface area contributed by atoms with Crippen molar-refractivity contribution in [2.45, 2.75) is 6.04 Å². The van der Waals surface area contributed by atoms with Crippen molar-refractivity contribution >= 4 is 15.9 Å². The Balaban J connectivity index is 2.54. The Morgan fingerprint density at radius 2 is 2.31 bits per heavy atom. The first-order chi connectivity index (χ1) is 7.70. The SMILES string of the molecule is CNC(COCCOC)c1c(Br)cnn1C. The van der Waals surface area contributed by atoms with Gasteiger partial charge >= 0.3 is 0 Å². The Bertz CT molecular complexity index is 298. The Hall–Kier alpha value is -0.430. The Morgan fingerprint density at radius 1 is 1.56 bits per heavy atom. The largest absolute Gasteiger partial charge is 0.382 e. The third-order valence-corrected chi connectivity index (χ3v) is 2.94. The van der Waals surface area contributed by atoms with Crippen molar-refractivity contribution in [3.8, 4) is 0 Å². The fraction of sp³-hybridized carbons (Fsp3) is 0.700. The number of halogens is 1. The van der Waals surface area contributed by atoms with E-state index in [1.807, 2.05) is 18.8 Å². The van der Waals surface area contributed by atoms with E-state index < -0.39 is 0 Å². The van der Waals surface area contributed by atoms with Crippen LogP contribution in [0.3, 0.4) is 0 Å². The van der Waals surface area contributed by atoms with E-state index in [0.29, 0.717) is 19.8 Å². The molecule has 0 aliphatic rings. The summed E-state index contributed by atoms with van der Waals surface area (Å²) < 4.78 is 13.3. The lowest BCUT2D eigenvalue weighted by molar-refractivity contribution is 0.0585. The predicted octanol–water partition coefficient (Wildman–Crippen LogP) is 1.11. The minimum atomic E-state index is 0.124. The summed E-state index contributed by atoms with van der Waals surface area (Å²) in [5, 5.41) is 7.39. The van der Waals surface area contributed by atoms with Crippen LogP contribution in [0.15, 0.2) is 10.7 Å². The second-order valence-electron chi connectivity index (χ2n) is 3.41. The van der Waals surface area contributed by atoms with Gasteiger partial charge in [0, 0.05) is 14.2 Å². The topological polar surface area (TPSA) is 48.3 Å². The van der Waals surface area contributed by atoms with E-state index in [1.54, 1.807) is 13.3 Å². The molecular weight excluding hydrogens is 274 g/mol. The van der Waals surface area contributed by atoms with Crippen LogP contribution >= 0.6 is 15.9 Å². The Morgan fingerprint density at radius 3 is 2.81 bits per heavy atom. The summed E-state index contributed by atoms with van der Waals surface area (Å²) in [4.78, 5) is 0. The van der Waals surface area contributed by atoms with E-state index in [2.05, 4.69) is 26.3 Å². The molecule has 1 unspecified atom stereocenters. The number of rotatable bonds is 7. The molecule has 0 radical (unpaired) electrons. The molecule has 1 heterocycles. The van der Waals surface area contributed by atoms with Crippen LogP contribution in [0.25, 0.3) is 0 Å². The molecular formula is C10H18BrN3O2. The van der Waals surface area contributed by atoms with Crippen molar-refractivity contribution in [1.29, 1.82) is 0 Å². The molecule has 1 N–H and O–H groups in total. The number of likely N-dealkylation sites (N-methyl/N-ethyl adjacent to an activating group) is 1. The van der Waals surface area contributed by atoms with Crippen molar-refractivity contribution in [3.05, 3.63) is 16.4 Å². The molecule has 0 saturated carbocycles. The number of aromatic nitrogens is 2. The fourth-order valence-electron chi connectivity index (χ4n) is 1.45. The van der Waals surface area contributed by atoms with Gasteiger partial charge in [-0.25, -0.2) is 0 Å². The van der Waals surface area contributed by atoms with Gasteiger partial charge in [-0.05, 0) is 23.0 Å². The van der Waals surface area contributed by atoms with Crippen LogP contribution in [0.4, 0.5) is 0 Å². The minimum Gasteiger partial charge on any atom is -0.382 e. The van der Waals surface area contributed by atoms with Gasteiger partial charge in [-0.15, -0.1) is 0 Å². The zero-order valence-corrected chi connectivity index (χ0v) is 11.5. The van der Waals surface area contributed by atoms with E-state index in [9.17, 15) is 0 Å². The van der Waals surface area contributed by atoms with Crippen molar-refractivity contribution in [2.24, 2.45) is 7.05 Å². The van der Waals surface area contributed by atoms with Crippen LogP contribution in [0.1, 0.15) is 11.7 Å². The van der Waals surface area contributed by atoms with E-state index in [4.69, 9.17) is 9.47 Å². The highest BCUT2D eigenvalue weighted by Crippen LogP contribution is 2.22. The second-order valence-corrected chi connectivity index (χ2v) is 4.26. The predicted molar refractivity (Wildman–Crippen MR) is 65.4 cm³/mol. The van der Waals surface area contributed by atoms with E-state index in [0.717, 1.165) is 10.2 Å². The monoisotopic (exact) mass is 291 g/mol. The summed E-state index contributed by atoms with van der Waals surface area (Å²) in [5.74, 6) is 0. The third kappa shape index (κ3) is 3.55. The van der Waals surface area contributed by atoms with E-state index >= 15 is 0 Å². The molecule has 0 aliphatic carbocycles. The molecule has 92 valence electrons. The lowest BCUT2D eigenvalue weighted by atomic mass is 10.2. The minimum absolute atomic E-state index is 0.124. The maximum Gasteiger partial charge on any atom is 0.0738 e. The average molecular weight is 292 g/mol.